The molecule has 0 atom stereocenters. The summed E-state index contributed by atoms with van der Waals surface area (Å²) in [6, 6.07) is 5.34. The number of hydrogen-bond acceptors (Lipinski definition) is 2. The van der Waals surface area contributed by atoms with Crippen LogP contribution in [-0.4, -0.2) is 15.0 Å². The summed E-state index contributed by atoms with van der Waals surface area (Å²) in [5.41, 5.74) is 2.32. The van der Waals surface area contributed by atoms with E-state index in [1.54, 1.807) is 16.8 Å². The van der Waals surface area contributed by atoms with E-state index in [-0.39, 0.29) is 0 Å². The maximum atomic E-state index is 6.80. The van der Waals surface area contributed by atoms with Crippen LogP contribution in [-0.2, 0) is 7.05 Å². The lowest BCUT2D eigenvalue weighted by molar-refractivity contribution is 0.736. The maximum Gasteiger partial charge on any atom is 0.189 e. The fourth-order valence-electron chi connectivity index (χ4n) is 1.10. The molecule has 0 amide bonds. The van der Waals surface area contributed by atoms with E-state index in [0.717, 1.165) is 11.0 Å². The number of hydrogen-bond donors (Lipinski definition) is 0. The van der Waals surface area contributed by atoms with Gasteiger partial charge in [-0.1, -0.05) is 11.3 Å². The second-order valence-electron chi connectivity index (χ2n) is 2.50. The molecule has 4 nitrogen and oxygen atoms in total. The molecule has 1 heterocycles. The van der Waals surface area contributed by atoms with E-state index in [2.05, 4.69) is 15.2 Å². The highest BCUT2D eigenvalue weighted by atomic mass is 15.4. The summed E-state index contributed by atoms with van der Waals surface area (Å²) in [5, 5.41) is 7.73. The third-order valence-corrected chi connectivity index (χ3v) is 1.72. The van der Waals surface area contributed by atoms with Crippen molar-refractivity contribution in [2.75, 3.05) is 0 Å². The number of rotatable bonds is 0. The van der Waals surface area contributed by atoms with Crippen LogP contribution >= 0.6 is 0 Å². The topological polar surface area (TPSA) is 35.1 Å². The van der Waals surface area contributed by atoms with Crippen LogP contribution in [0.2, 0.25) is 0 Å². The molecule has 0 bridgehead atoms. The normalized spacial score (nSPS) is 10.0. The zero-order valence-corrected chi connectivity index (χ0v) is 6.52. The summed E-state index contributed by atoms with van der Waals surface area (Å²) >= 11 is 0. The van der Waals surface area contributed by atoms with Crippen molar-refractivity contribution in [1.82, 2.24) is 15.0 Å². The molecule has 2 rings (SSSR count). The predicted octanol–water partition coefficient (Wildman–Crippen LogP) is 1.52. The van der Waals surface area contributed by atoms with Crippen molar-refractivity contribution < 1.29 is 0 Å². The van der Waals surface area contributed by atoms with Gasteiger partial charge in [-0.15, -0.1) is 5.10 Å². The van der Waals surface area contributed by atoms with E-state index in [9.17, 15) is 0 Å². The molecule has 58 valence electrons. The number of fused-ring (bicyclic) bond motifs is 1. The van der Waals surface area contributed by atoms with Gasteiger partial charge >= 0.3 is 0 Å². The smallest absolute Gasteiger partial charge is 0.189 e. The molecule has 1 aromatic heterocycles. The number of aryl methyl sites for hydroxylation is 1. The number of nitrogens with zero attached hydrogens (tertiary/aromatic N) is 4. The Kier molecular flexibility index (Phi) is 1.31. The van der Waals surface area contributed by atoms with Crippen LogP contribution < -0.4 is 0 Å². The first-order valence-corrected chi connectivity index (χ1v) is 3.48. The van der Waals surface area contributed by atoms with E-state index >= 15 is 0 Å². The van der Waals surface area contributed by atoms with Crippen LogP contribution in [0, 0.1) is 6.57 Å². The lowest BCUT2D eigenvalue weighted by Gasteiger charge is -1.90. The van der Waals surface area contributed by atoms with E-state index in [1.807, 2.05) is 13.1 Å². The fraction of sp³-hybridized carbons (Fsp3) is 0.125. The molecule has 0 saturated heterocycles. The van der Waals surface area contributed by atoms with Crippen LogP contribution in [0.15, 0.2) is 18.2 Å². The first kappa shape index (κ1) is 6.80. The van der Waals surface area contributed by atoms with Gasteiger partial charge in [0.2, 0.25) is 0 Å². The molecular formula is C8H6N4. The van der Waals surface area contributed by atoms with Crippen LogP contribution in [0.1, 0.15) is 0 Å². The first-order valence-electron chi connectivity index (χ1n) is 3.48. The summed E-state index contributed by atoms with van der Waals surface area (Å²) in [5.74, 6) is 0. The van der Waals surface area contributed by atoms with E-state index < -0.39 is 0 Å². The van der Waals surface area contributed by atoms with Crippen molar-refractivity contribution in [3.05, 3.63) is 29.6 Å². The number of aromatic nitrogens is 3. The highest BCUT2D eigenvalue weighted by Gasteiger charge is 2.00. The monoisotopic (exact) mass is 158 g/mol. The van der Waals surface area contributed by atoms with Crippen LogP contribution in [0.4, 0.5) is 5.69 Å². The minimum Gasteiger partial charge on any atom is -0.248 e. The fourth-order valence-corrected chi connectivity index (χ4v) is 1.10. The maximum absolute atomic E-state index is 6.80. The van der Waals surface area contributed by atoms with Gasteiger partial charge in [-0.25, -0.2) is 9.53 Å². The van der Waals surface area contributed by atoms with Gasteiger partial charge in [-0.3, -0.25) is 0 Å². The minimum atomic E-state index is 0.600. The molecule has 0 saturated carbocycles. The molecule has 4 heteroatoms. The van der Waals surface area contributed by atoms with Gasteiger partial charge in [0, 0.05) is 7.05 Å². The Labute approximate surface area is 69.2 Å². The summed E-state index contributed by atoms with van der Waals surface area (Å²) in [7, 11) is 1.83. The van der Waals surface area contributed by atoms with Crippen molar-refractivity contribution >= 4 is 16.7 Å². The second-order valence-corrected chi connectivity index (χ2v) is 2.50. The van der Waals surface area contributed by atoms with Gasteiger partial charge in [0.1, 0.15) is 5.52 Å². The second kappa shape index (κ2) is 2.31. The van der Waals surface area contributed by atoms with Gasteiger partial charge in [0.25, 0.3) is 0 Å². The van der Waals surface area contributed by atoms with Gasteiger partial charge < -0.3 is 0 Å². The largest absolute Gasteiger partial charge is 0.248 e. The van der Waals surface area contributed by atoms with Crippen LogP contribution in [0.25, 0.3) is 15.9 Å². The van der Waals surface area contributed by atoms with E-state index in [0.29, 0.717) is 5.69 Å². The molecule has 0 unspecified atom stereocenters. The average Bonchev–Trinajstić information content (AvgIpc) is 2.47. The Balaban J connectivity index is 2.80. The minimum absolute atomic E-state index is 0.600. The van der Waals surface area contributed by atoms with Gasteiger partial charge in [-0.05, 0) is 12.1 Å². The Morgan fingerprint density at radius 1 is 1.50 bits per heavy atom. The summed E-state index contributed by atoms with van der Waals surface area (Å²) in [6.07, 6.45) is 0. The Morgan fingerprint density at radius 3 is 3.08 bits per heavy atom. The molecule has 0 N–H and O–H groups in total. The van der Waals surface area contributed by atoms with Crippen LogP contribution in [0.3, 0.4) is 0 Å². The molecule has 0 radical (unpaired) electrons. The lowest BCUT2D eigenvalue weighted by Crippen LogP contribution is -1.88. The molecule has 1 aromatic carbocycles. The zero-order chi connectivity index (χ0) is 8.55. The Bertz CT molecular complexity index is 463. The van der Waals surface area contributed by atoms with E-state index in [1.165, 1.54) is 0 Å². The summed E-state index contributed by atoms with van der Waals surface area (Å²) in [4.78, 5) is 3.30. The van der Waals surface area contributed by atoms with E-state index in [4.69, 9.17) is 6.57 Å². The quantitative estimate of drug-likeness (QED) is 0.545. The molecule has 0 spiro atoms. The average molecular weight is 158 g/mol. The summed E-state index contributed by atoms with van der Waals surface area (Å²) in [6.45, 7) is 6.80. The molecule has 0 fully saturated rings. The molecule has 12 heavy (non-hydrogen) atoms. The van der Waals surface area contributed by atoms with Crippen molar-refractivity contribution in [2.45, 2.75) is 0 Å². The SMILES string of the molecule is [C-]#[N+]c1ccc2c(c1)nnn2C. The van der Waals surface area contributed by atoms with Crippen molar-refractivity contribution in [3.8, 4) is 0 Å². The lowest BCUT2D eigenvalue weighted by atomic mass is 10.3. The van der Waals surface area contributed by atoms with Gasteiger partial charge in [0.05, 0.1) is 12.1 Å². The zero-order valence-electron chi connectivity index (χ0n) is 6.52. The van der Waals surface area contributed by atoms with Crippen LogP contribution in [0.5, 0.6) is 0 Å². The molecule has 0 aliphatic carbocycles. The third-order valence-electron chi connectivity index (χ3n) is 1.72. The molecule has 0 aliphatic rings. The van der Waals surface area contributed by atoms with Crippen molar-refractivity contribution in [2.24, 2.45) is 7.05 Å². The highest BCUT2D eigenvalue weighted by molar-refractivity contribution is 5.78. The predicted molar refractivity (Wildman–Crippen MR) is 44.8 cm³/mol. The summed E-state index contributed by atoms with van der Waals surface area (Å²) < 4.78 is 1.68. The Hall–Kier alpha value is -1.89. The standard InChI is InChI=1S/C8H6N4/c1-9-6-3-4-8-7(5-6)10-11-12(8)2/h3-5H,2H3. The Morgan fingerprint density at radius 2 is 2.33 bits per heavy atom. The molecular weight excluding hydrogens is 152 g/mol. The highest BCUT2D eigenvalue weighted by Crippen LogP contribution is 2.18. The van der Waals surface area contributed by atoms with Crippen molar-refractivity contribution in [1.29, 1.82) is 0 Å². The molecule has 0 aliphatic heterocycles. The first-order chi connectivity index (χ1) is 5.81. The number of benzene rings is 1. The third kappa shape index (κ3) is 0.839. The van der Waals surface area contributed by atoms with Gasteiger partial charge in [-0.2, -0.15) is 0 Å². The van der Waals surface area contributed by atoms with Crippen molar-refractivity contribution in [3.63, 3.8) is 0 Å². The van der Waals surface area contributed by atoms with Gasteiger partial charge in [0.15, 0.2) is 5.69 Å². The molecule has 2 aromatic rings.